The van der Waals surface area contributed by atoms with Gasteiger partial charge in [-0.1, -0.05) is 11.2 Å². The van der Waals surface area contributed by atoms with Crippen LogP contribution in [-0.4, -0.2) is 25.9 Å². The van der Waals surface area contributed by atoms with Gasteiger partial charge in [-0.25, -0.2) is 0 Å². The summed E-state index contributed by atoms with van der Waals surface area (Å²) < 4.78 is 0. The maximum Gasteiger partial charge on any atom is 0.106 e. The third-order valence-corrected chi connectivity index (χ3v) is 1.72. The molecule has 3 nitrogen and oxygen atoms in total. The average molecular weight is 154 g/mol. The Kier molecular flexibility index (Phi) is 3.11. The van der Waals surface area contributed by atoms with Crippen molar-refractivity contribution in [3.8, 4) is 0 Å². The van der Waals surface area contributed by atoms with Crippen molar-refractivity contribution in [2.75, 3.05) is 20.2 Å². The van der Waals surface area contributed by atoms with E-state index >= 15 is 0 Å². The van der Waals surface area contributed by atoms with Gasteiger partial charge in [0.25, 0.3) is 0 Å². The topological polar surface area (TPSA) is 33.6 Å². The molecule has 1 N–H and O–H groups in total. The molecule has 0 aromatic carbocycles. The SMILES string of the molecule is CON=C(C)C1=CCCNC1. The Labute approximate surface area is 67.1 Å². The Morgan fingerprint density at radius 1 is 1.73 bits per heavy atom. The third-order valence-electron chi connectivity index (χ3n) is 1.72. The van der Waals surface area contributed by atoms with Gasteiger partial charge in [0.15, 0.2) is 0 Å². The van der Waals surface area contributed by atoms with Gasteiger partial charge in [-0.3, -0.25) is 0 Å². The van der Waals surface area contributed by atoms with Gasteiger partial charge in [-0.15, -0.1) is 0 Å². The van der Waals surface area contributed by atoms with Gasteiger partial charge in [0.05, 0.1) is 5.71 Å². The molecule has 0 bridgehead atoms. The Balaban J connectivity index is 2.58. The van der Waals surface area contributed by atoms with Crippen LogP contribution in [0.2, 0.25) is 0 Å². The zero-order valence-corrected chi connectivity index (χ0v) is 7.05. The number of rotatable bonds is 2. The number of nitrogens with one attached hydrogen (secondary N) is 1. The minimum absolute atomic E-state index is 0.915. The fourth-order valence-corrected chi connectivity index (χ4v) is 1.11. The van der Waals surface area contributed by atoms with Crippen molar-refractivity contribution in [2.45, 2.75) is 13.3 Å². The van der Waals surface area contributed by atoms with Crippen molar-refractivity contribution >= 4 is 5.71 Å². The van der Waals surface area contributed by atoms with Crippen molar-refractivity contribution in [3.63, 3.8) is 0 Å². The highest BCUT2D eigenvalue weighted by Crippen LogP contribution is 2.03. The van der Waals surface area contributed by atoms with E-state index in [0.29, 0.717) is 0 Å². The van der Waals surface area contributed by atoms with Crippen LogP contribution in [0.25, 0.3) is 0 Å². The van der Waals surface area contributed by atoms with Crippen LogP contribution in [-0.2, 0) is 4.84 Å². The second-order valence-corrected chi connectivity index (χ2v) is 2.55. The predicted molar refractivity (Wildman–Crippen MR) is 45.7 cm³/mol. The average Bonchev–Trinajstić information content (AvgIpc) is 2.07. The molecule has 0 aliphatic carbocycles. The Hall–Kier alpha value is -0.830. The van der Waals surface area contributed by atoms with Crippen molar-refractivity contribution in [2.24, 2.45) is 5.16 Å². The van der Waals surface area contributed by atoms with E-state index < -0.39 is 0 Å². The Bertz CT molecular complexity index is 185. The molecular formula is C8H14N2O. The fraction of sp³-hybridized carbons (Fsp3) is 0.625. The van der Waals surface area contributed by atoms with Gasteiger partial charge in [-0.05, 0) is 25.5 Å². The van der Waals surface area contributed by atoms with Crippen LogP contribution in [0.4, 0.5) is 0 Å². The van der Waals surface area contributed by atoms with Gasteiger partial charge >= 0.3 is 0 Å². The van der Waals surface area contributed by atoms with Crippen LogP contribution in [0.1, 0.15) is 13.3 Å². The summed E-state index contributed by atoms with van der Waals surface area (Å²) in [7, 11) is 1.57. The molecular weight excluding hydrogens is 140 g/mol. The second-order valence-electron chi connectivity index (χ2n) is 2.55. The lowest BCUT2D eigenvalue weighted by Gasteiger charge is -2.12. The molecule has 0 atom stereocenters. The van der Waals surface area contributed by atoms with Crippen LogP contribution < -0.4 is 5.32 Å². The lowest BCUT2D eigenvalue weighted by molar-refractivity contribution is 0.213. The standard InChI is InChI=1S/C8H14N2O/c1-7(10-11-2)8-4-3-5-9-6-8/h4,9H,3,5-6H2,1-2H3. The lowest BCUT2D eigenvalue weighted by atomic mass is 10.1. The molecule has 0 aromatic rings. The van der Waals surface area contributed by atoms with Crippen molar-refractivity contribution < 1.29 is 4.84 Å². The van der Waals surface area contributed by atoms with Gasteiger partial charge in [-0.2, -0.15) is 0 Å². The first-order valence-corrected chi connectivity index (χ1v) is 3.82. The summed E-state index contributed by atoms with van der Waals surface area (Å²) in [4.78, 5) is 4.68. The molecule has 3 heteroatoms. The van der Waals surface area contributed by atoms with E-state index in [0.717, 1.165) is 25.2 Å². The van der Waals surface area contributed by atoms with E-state index in [1.807, 2.05) is 6.92 Å². The summed E-state index contributed by atoms with van der Waals surface area (Å²) in [6.45, 7) is 3.95. The number of oxime groups is 1. The van der Waals surface area contributed by atoms with E-state index in [2.05, 4.69) is 21.4 Å². The normalized spacial score (nSPS) is 19.5. The molecule has 1 aliphatic heterocycles. The number of hydrogen-bond acceptors (Lipinski definition) is 3. The summed E-state index contributed by atoms with van der Waals surface area (Å²) in [6.07, 6.45) is 3.29. The number of nitrogens with zero attached hydrogens (tertiary/aromatic N) is 1. The molecule has 62 valence electrons. The van der Waals surface area contributed by atoms with E-state index in [1.54, 1.807) is 7.11 Å². The Morgan fingerprint density at radius 3 is 3.09 bits per heavy atom. The van der Waals surface area contributed by atoms with Crippen LogP contribution in [0, 0.1) is 0 Å². The van der Waals surface area contributed by atoms with Gasteiger partial charge in [0, 0.05) is 6.54 Å². The highest BCUT2D eigenvalue weighted by molar-refractivity contribution is 5.98. The quantitative estimate of drug-likeness (QED) is 0.474. The zero-order valence-electron chi connectivity index (χ0n) is 7.05. The molecule has 1 rings (SSSR count). The van der Waals surface area contributed by atoms with Gasteiger partial charge in [0.2, 0.25) is 0 Å². The van der Waals surface area contributed by atoms with E-state index in [4.69, 9.17) is 0 Å². The summed E-state index contributed by atoms with van der Waals surface area (Å²) in [5.74, 6) is 0. The molecule has 0 fully saturated rings. The first-order valence-electron chi connectivity index (χ1n) is 3.82. The highest BCUT2D eigenvalue weighted by Gasteiger charge is 2.05. The summed E-state index contributed by atoms with van der Waals surface area (Å²) in [5, 5.41) is 7.13. The van der Waals surface area contributed by atoms with Crippen LogP contribution >= 0.6 is 0 Å². The molecule has 11 heavy (non-hydrogen) atoms. The highest BCUT2D eigenvalue weighted by atomic mass is 16.6. The van der Waals surface area contributed by atoms with Crippen molar-refractivity contribution in [1.29, 1.82) is 0 Å². The van der Waals surface area contributed by atoms with Gasteiger partial charge in [0.1, 0.15) is 7.11 Å². The smallest absolute Gasteiger partial charge is 0.106 e. The fourth-order valence-electron chi connectivity index (χ4n) is 1.11. The van der Waals surface area contributed by atoms with E-state index in [-0.39, 0.29) is 0 Å². The van der Waals surface area contributed by atoms with Gasteiger partial charge < -0.3 is 10.2 Å². The molecule has 0 spiro atoms. The van der Waals surface area contributed by atoms with Crippen LogP contribution in [0.15, 0.2) is 16.8 Å². The molecule has 0 amide bonds. The second kappa shape index (κ2) is 4.13. The maximum atomic E-state index is 4.68. The molecule has 0 saturated heterocycles. The van der Waals surface area contributed by atoms with Crippen LogP contribution in [0.3, 0.4) is 0 Å². The summed E-state index contributed by atoms with van der Waals surface area (Å²) in [5.41, 5.74) is 2.22. The first kappa shape index (κ1) is 8.27. The maximum absolute atomic E-state index is 4.68. The largest absolute Gasteiger partial charge is 0.399 e. The first-order chi connectivity index (χ1) is 5.34. The summed E-state index contributed by atoms with van der Waals surface area (Å²) in [6, 6.07) is 0. The molecule has 0 saturated carbocycles. The van der Waals surface area contributed by atoms with Crippen molar-refractivity contribution in [3.05, 3.63) is 11.6 Å². The minimum Gasteiger partial charge on any atom is -0.399 e. The molecule has 0 radical (unpaired) electrons. The van der Waals surface area contributed by atoms with E-state index in [1.165, 1.54) is 5.57 Å². The zero-order chi connectivity index (χ0) is 8.10. The minimum atomic E-state index is 0.915. The monoisotopic (exact) mass is 154 g/mol. The molecule has 1 heterocycles. The lowest BCUT2D eigenvalue weighted by Crippen LogP contribution is -2.25. The van der Waals surface area contributed by atoms with Crippen LogP contribution in [0.5, 0.6) is 0 Å². The third kappa shape index (κ3) is 2.35. The Morgan fingerprint density at radius 2 is 2.55 bits per heavy atom. The molecule has 0 unspecified atom stereocenters. The van der Waals surface area contributed by atoms with E-state index in [9.17, 15) is 0 Å². The summed E-state index contributed by atoms with van der Waals surface area (Å²) >= 11 is 0. The number of hydrogen-bond donors (Lipinski definition) is 1. The molecule has 1 aliphatic rings. The molecule has 0 aromatic heterocycles. The predicted octanol–water partition coefficient (Wildman–Crippen LogP) is 0.928. The van der Waals surface area contributed by atoms with Crippen molar-refractivity contribution in [1.82, 2.24) is 5.32 Å².